The first-order valence-corrected chi connectivity index (χ1v) is 12.3. The smallest absolute Gasteiger partial charge is 0.0682 e. The van der Waals surface area contributed by atoms with Gasteiger partial charge in [-0.25, -0.2) is 0 Å². The molecule has 2 heteroatoms. The molecule has 172 valence electrons. The van der Waals surface area contributed by atoms with Gasteiger partial charge in [-0.3, -0.25) is 0 Å². The van der Waals surface area contributed by atoms with Gasteiger partial charge in [0.1, 0.15) is 0 Å². The quantitative estimate of drug-likeness (QED) is 0.255. The Hall–Kier alpha value is -3.72. The summed E-state index contributed by atoms with van der Waals surface area (Å²) in [5.74, 6) is 0. The molecule has 0 saturated heterocycles. The molecule has 0 aliphatic heterocycles. The van der Waals surface area contributed by atoms with Crippen molar-refractivity contribution in [2.75, 3.05) is 0 Å². The summed E-state index contributed by atoms with van der Waals surface area (Å²) < 4.78 is 0. The number of aliphatic hydroxyl groups excluding tert-OH is 2. The number of rotatable bonds is 6. The van der Waals surface area contributed by atoms with Crippen LogP contribution in [-0.4, -0.2) is 10.2 Å². The highest BCUT2D eigenvalue weighted by atomic mass is 16.3. The van der Waals surface area contributed by atoms with Crippen molar-refractivity contribution < 1.29 is 10.2 Å². The maximum absolute atomic E-state index is 9.60. The topological polar surface area (TPSA) is 40.5 Å². The molecule has 2 nitrogen and oxygen atoms in total. The zero-order valence-corrected chi connectivity index (χ0v) is 19.7. The molecule has 0 radical (unpaired) electrons. The number of hydrogen-bond donors (Lipinski definition) is 2. The van der Waals surface area contributed by atoms with E-state index in [4.69, 9.17) is 0 Å². The maximum Gasteiger partial charge on any atom is 0.0682 e. The summed E-state index contributed by atoms with van der Waals surface area (Å²) in [6.07, 6.45) is 3.08. The number of hydrogen-bond acceptors (Lipinski definition) is 2. The molecule has 0 heterocycles. The van der Waals surface area contributed by atoms with Crippen LogP contribution in [0.25, 0.3) is 43.1 Å². The Kier molecular flexibility index (Phi) is 5.69. The van der Waals surface area contributed by atoms with Gasteiger partial charge in [-0.2, -0.15) is 0 Å². The SMILES string of the molecule is OCc1ccc2cc(CCCc3cc4ccc(CO)cc4c4ccccc34)c3ccccc3c2c1. The Bertz CT molecular complexity index is 1570. The first kappa shape index (κ1) is 21.8. The van der Waals surface area contributed by atoms with Crippen molar-refractivity contribution in [2.24, 2.45) is 0 Å². The van der Waals surface area contributed by atoms with E-state index >= 15 is 0 Å². The molecule has 2 N–H and O–H groups in total. The molecule has 6 rings (SSSR count). The summed E-state index contributed by atoms with van der Waals surface area (Å²) in [4.78, 5) is 0. The average Bonchev–Trinajstić information content (AvgIpc) is 2.92. The molecule has 0 spiro atoms. The van der Waals surface area contributed by atoms with E-state index in [1.165, 1.54) is 54.2 Å². The number of aliphatic hydroxyl groups is 2. The zero-order chi connectivity index (χ0) is 23.8. The molecular weight excluding hydrogens is 428 g/mol. The minimum atomic E-state index is 0.0625. The number of fused-ring (bicyclic) bond motifs is 6. The van der Waals surface area contributed by atoms with E-state index in [0.717, 1.165) is 30.4 Å². The predicted octanol–water partition coefficient (Wildman–Crippen LogP) is 7.46. The highest BCUT2D eigenvalue weighted by molar-refractivity contribution is 6.10. The van der Waals surface area contributed by atoms with Gasteiger partial charge >= 0.3 is 0 Å². The first-order chi connectivity index (χ1) is 17.2. The molecule has 0 unspecified atom stereocenters. The average molecular weight is 457 g/mol. The van der Waals surface area contributed by atoms with Crippen molar-refractivity contribution in [2.45, 2.75) is 32.5 Å². The van der Waals surface area contributed by atoms with Crippen LogP contribution in [0.2, 0.25) is 0 Å². The summed E-state index contributed by atoms with van der Waals surface area (Å²) >= 11 is 0. The fourth-order valence-electron chi connectivity index (χ4n) is 5.53. The van der Waals surface area contributed by atoms with E-state index in [0.29, 0.717) is 0 Å². The normalized spacial score (nSPS) is 11.7. The predicted molar refractivity (Wildman–Crippen MR) is 147 cm³/mol. The van der Waals surface area contributed by atoms with E-state index in [9.17, 15) is 10.2 Å². The first-order valence-electron chi connectivity index (χ1n) is 12.3. The van der Waals surface area contributed by atoms with Crippen LogP contribution in [0.1, 0.15) is 28.7 Å². The van der Waals surface area contributed by atoms with E-state index in [-0.39, 0.29) is 13.2 Å². The third-order valence-corrected chi connectivity index (χ3v) is 7.28. The van der Waals surface area contributed by atoms with Crippen LogP contribution in [0.3, 0.4) is 0 Å². The van der Waals surface area contributed by atoms with Crippen molar-refractivity contribution in [3.05, 3.63) is 119 Å². The molecule has 6 aromatic rings. The van der Waals surface area contributed by atoms with Crippen LogP contribution < -0.4 is 0 Å². The Balaban J connectivity index is 1.36. The van der Waals surface area contributed by atoms with Crippen LogP contribution in [0.5, 0.6) is 0 Å². The second-order valence-electron chi connectivity index (χ2n) is 9.44. The van der Waals surface area contributed by atoms with Crippen molar-refractivity contribution in [3.8, 4) is 0 Å². The van der Waals surface area contributed by atoms with Crippen LogP contribution in [0.4, 0.5) is 0 Å². The third-order valence-electron chi connectivity index (χ3n) is 7.28. The second-order valence-corrected chi connectivity index (χ2v) is 9.44. The molecule has 6 aromatic carbocycles. The van der Waals surface area contributed by atoms with Gasteiger partial charge in [0, 0.05) is 0 Å². The Morgan fingerprint density at radius 3 is 1.29 bits per heavy atom. The lowest BCUT2D eigenvalue weighted by Crippen LogP contribution is -1.95. The Labute approximate surface area is 205 Å². The van der Waals surface area contributed by atoms with E-state index in [1.807, 2.05) is 12.1 Å². The number of benzene rings is 6. The molecule has 0 saturated carbocycles. The molecule has 0 aliphatic carbocycles. The van der Waals surface area contributed by atoms with Crippen molar-refractivity contribution in [1.29, 1.82) is 0 Å². The fourth-order valence-corrected chi connectivity index (χ4v) is 5.53. The minimum Gasteiger partial charge on any atom is -0.392 e. The molecule has 0 amide bonds. The van der Waals surface area contributed by atoms with Crippen LogP contribution >= 0.6 is 0 Å². The lowest BCUT2D eigenvalue weighted by atomic mass is 9.91. The summed E-state index contributed by atoms with van der Waals surface area (Å²) in [6, 6.07) is 34.4. The largest absolute Gasteiger partial charge is 0.392 e. The van der Waals surface area contributed by atoms with Gasteiger partial charge in [-0.15, -0.1) is 0 Å². The number of aryl methyl sites for hydroxylation is 2. The van der Waals surface area contributed by atoms with Crippen molar-refractivity contribution >= 4 is 43.1 Å². The summed E-state index contributed by atoms with van der Waals surface area (Å²) in [6.45, 7) is 0.125. The minimum absolute atomic E-state index is 0.0625. The van der Waals surface area contributed by atoms with Gasteiger partial charge in [-0.1, -0.05) is 84.9 Å². The molecule has 0 atom stereocenters. The fraction of sp³-hybridized carbons (Fsp3) is 0.152. The standard InChI is InChI=1S/C33H28O2/c34-20-22-12-14-26-18-24(28-8-1-3-10-30(28)32(26)16-22)6-5-7-25-19-27-15-13-23(21-35)17-33(27)31-11-4-2-9-29(25)31/h1-4,8-19,34-35H,5-7,20-21H2. The molecule has 35 heavy (non-hydrogen) atoms. The Morgan fingerprint density at radius 2 is 0.857 bits per heavy atom. The molecular formula is C33H28O2. The van der Waals surface area contributed by atoms with E-state index < -0.39 is 0 Å². The lowest BCUT2D eigenvalue weighted by molar-refractivity contribution is 0.282. The van der Waals surface area contributed by atoms with Gasteiger partial charge in [0.25, 0.3) is 0 Å². The summed E-state index contributed by atoms with van der Waals surface area (Å²) in [5, 5.41) is 29.2. The second kappa shape index (κ2) is 9.14. The molecule has 0 aromatic heterocycles. The van der Waals surface area contributed by atoms with Gasteiger partial charge < -0.3 is 10.2 Å². The third kappa shape index (κ3) is 3.95. The molecule has 0 fully saturated rings. The Morgan fingerprint density at radius 1 is 0.429 bits per heavy atom. The van der Waals surface area contributed by atoms with Crippen LogP contribution in [-0.2, 0) is 26.1 Å². The van der Waals surface area contributed by atoms with Gasteiger partial charge in [0.05, 0.1) is 13.2 Å². The summed E-state index contributed by atoms with van der Waals surface area (Å²) in [7, 11) is 0. The maximum atomic E-state index is 9.60. The van der Waals surface area contributed by atoms with Gasteiger partial charge in [0.15, 0.2) is 0 Å². The summed E-state index contributed by atoms with van der Waals surface area (Å²) in [5.41, 5.74) is 4.65. The lowest BCUT2D eigenvalue weighted by Gasteiger charge is -2.13. The van der Waals surface area contributed by atoms with Crippen molar-refractivity contribution in [3.63, 3.8) is 0 Å². The van der Waals surface area contributed by atoms with E-state index in [1.54, 1.807) is 0 Å². The van der Waals surface area contributed by atoms with Crippen molar-refractivity contribution in [1.82, 2.24) is 0 Å². The molecule has 0 aliphatic rings. The monoisotopic (exact) mass is 456 g/mol. The highest BCUT2D eigenvalue weighted by Gasteiger charge is 2.10. The van der Waals surface area contributed by atoms with Gasteiger partial charge in [0.2, 0.25) is 0 Å². The van der Waals surface area contributed by atoms with Crippen LogP contribution in [0, 0.1) is 0 Å². The van der Waals surface area contributed by atoms with Crippen LogP contribution in [0.15, 0.2) is 97.1 Å². The van der Waals surface area contributed by atoms with E-state index in [2.05, 4.69) is 84.9 Å². The van der Waals surface area contributed by atoms with Gasteiger partial charge in [-0.05, 0) is 96.7 Å². The molecule has 0 bridgehead atoms. The highest BCUT2D eigenvalue weighted by Crippen LogP contribution is 2.33. The zero-order valence-electron chi connectivity index (χ0n) is 19.7.